The molecule has 0 aromatic heterocycles. The summed E-state index contributed by atoms with van der Waals surface area (Å²) in [5.74, 6) is -0.356. The second kappa shape index (κ2) is 10.6. The van der Waals surface area contributed by atoms with Gasteiger partial charge in [0.2, 0.25) is 5.91 Å². The first kappa shape index (κ1) is 19.1. The molecule has 0 aliphatic rings. The zero-order valence-electron chi connectivity index (χ0n) is 14.2. The molecule has 0 bridgehead atoms. The number of amides is 1. The van der Waals surface area contributed by atoms with E-state index in [2.05, 4.69) is 28.8 Å². The average Bonchev–Trinajstić information content (AvgIpc) is 2.67. The van der Waals surface area contributed by atoms with Crippen molar-refractivity contribution < 1.29 is 9.18 Å². The van der Waals surface area contributed by atoms with Crippen LogP contribution in [0.1, 0.15) is 17.5 Å². The smallest absolute Gasteiger partial charge is 0.240 e. The summed E-state index contributed by atoms with van der Waals surface area (Å²) in [6.45, 7) is 0.000692. The number of benzene rings is 2. The van der Waals surface area contributed by atoms with E-state index in [1.54, 1.807) is 12.1 Å². The van der Waals surface area contributed by atoms with E-state index in [0.717, 1.165) is 18.4 Å². The van der Waals surface area contributed by atoms with Gasteiger partial charge in [-0.05, 0) is 30.0 Å². The quantitative estimate of drug-likeness (QED) is 0.619. The molecular formula is C20H25FN3O. The Bertz CT molecular complexity index is 621. The summed E-state index contributed by atoms with van der Waals surface area (Å²) in [4.78, 5) is 12.1. The zero-order chi connectivity index (χ0) is 17.9. The van der Waals surface area contributed by atoms with Crippen LogP contribution in [-0.2, 0) is 17.8 Å². The summed E-state index contributed by atoms with van der Waals surface area (Å²) in [6, 6.07) is 19.2. The van der Waals surface area contributed by atoms with Gasteiger partial charge in [0.25, 0.3) is 0 Å². The van der Waals surface area contributed by atoms with Crippen LogP contribution in [0.25, 0.3) is 0 Å². The van der Waals surface area contributed by atoms with Crippen molar-refractivity contribution in [1.29, 1.82) is 0 Å². The molecule has 0 heterocycles. The van der Waals surface area contributed by atoms with Crippen molar-refractivity contribution >= 4 is 5.91 Å². The molecule has 2 aromatic carbocycles. The third kappa shape index (κ3) is 7.03. The lowest BCUT2D eigenvalue weighted by Gasteiger charge is -2.18. The van der Waals surface area contributed by atoms with Gasteiger partial charge in [0, 0.05) is 19.1 Å². The molecule has 0 aliphatic heterocycles. The van der Waals surface area contributed by atoms with Crippen LogP contribution in [0.2, 0.25) is 0 Å². The minimum atomic E-state index is -0.877. The minimum absolute atomic E-state index is 0.133. The van der Waals surface area contributed by atoms with Crippen LogP contribution in [0.4, 0.5) is 4.39 Å². The number of hydrogen-bond donors (Lipinski definition) is 3. The fourth-order valence-electron chi connectivity index (χ4n) is 2.46. The summed E-state index contributed by atoms with van der Waals surface area (Å²) in [6.07, 6.45) is 1.64. The van der Waals surface area contributed by atoms with E-state index >= 15 is 0 Å². The highest BCUT2D eigenvalue weighted by atomic mass is 19.1. The fraction of sp³-hybridized carbons (Fsp3) is 0.350. The lowest BCUT2D eigenvalue weighted by Crippen LogP contribution is -2.49. The highest BCUT2D eigenvalue weighted by molar-refractivity contribution is 5.81. The third-order valence-electron chi connectivity index (χ3n) is 4.00. The SMILES string of the molecule is N[C@H](CCc1ccccc1)CNC(CF)C(=O)NCc1cc[c]cc1. The van der Waals surface area contributed by atoms with Crippen LogP contribution in [0, 0.1) is 6.07 Å². The Hall–Kier alpha value is -2.24. The summed E-state index contributed by atoms with van der Waals surface area (Å²) in [7, 11) is 0. The van der Waals surface area contributed by atoms with Gasteiger partial charge in [0.15, 0.2) is 0 Å². The number of rotatable bonds is 10. The lowest BCUT2D eigenvalue weighted by atomic mass is 10.1. The van der Waals surface area contributed by atoms with Crippen molar-refractivity contribution in [3.05, 3.63) is 71.8 Å². The molecule has 1 amide bonds. The number of alkyl halides is 1. The summed E-state index contributed by atoms with van der Waals surface area (Å²) in [5, 5.41) is 5.66. The summed E-state index contributed by atoms with van der Waals surface area (Å²) < 4.78 is 13.2. The second-order valence-corrected chi connectivity index (χ2v) is 6.03. The van der Waals surface area contributed by atoms with E-state index < -0.39 is 12.7 Å². The van der Waals surface area contributed by atoms with Crippen LogP contribution in [-0.4, -0.2) is 31.2 Å². The molecule has 0 aliphatic carbocycles. The maximum absolute atomic E-state index is 13.2. The molecule has 2 aromatic rings. The first-order valence-electron chi connectivity index (χ1n) is 8.50. The molecule has 4 N–H and O–H groups in total. The number of halogens is 1. The molecule has 0 spiro atoms. The van der Waals surface area contributed by atoms with Crippen LogP contribution in [0.3, 0.4) is 0 Å². The first-order chi connectivity index (χ1) is 12.2. The van der Waals surface area contributed by atoms with Crippen LogP contribution >= 0.6 is 0 Å². The van der Waals surface area contributed by atoms with Crippen molar-refractivity contribution in [2.24, 2.45) is 5.73 Å². The van der Waals surface area contributed by atoms with E-state index in [4.69, 9.17) is 5.73 Å². The monoisotopic (exact) mass is 342 g/mol. The minimum Gasteiger partial charge on any atom is -0.351 e. The van der Waals surface area contributed by atoms with Crippen LogP contribution < -0.4 is 16.4 Å². The maximum Gasteiger partial charge on any atom is 0.240 e. The van der Waals surface area contributed by atoms with Crippen molar-refractivity contribution in [1.82, 2.24) is 10.6 Å². The van der Waals surface area contributed by atoms with Gasteiger partial charge in [0.1, 0.15) is 12.7 Å². The molecule has 1 unspecified atom stereocenters. The van der Waals surface area contributed by atoms with Gasteiger partial charge in [-0.25, -0.2) is 4.39 Å². The number of nitrogens with two attached hydrogens (primary N) is 1. The number of nitrogens with one attached hydrogen (secondary N) is 2. The van der Waals surface area contributed by atoms with E-state index in [9.17, 15) is 9.18 Å². The largest absolute Gasteiger partial charge is 0.351 e. The molecule has 2 rings (SSSR count). The predicted octanol–water partition coefficient (Wildman–Crippen LogP) is 1.99. The van der Waals surface area contributed by atoms with Gasteiger partial charge in [0.05, 0.1) is 0 Å². The summed E-state index contributed by atoms with van der Waals surface area (Å²) in [5.41, 5.74) is 8.24. The van der Waals surface area contributed by atoms with Gasteiger partial charge < -0.3 is 16.4 Å². The zero-order valence-corrected chi connectivity index (χ0v) is 14.2. The maximum atomic E-state index is 13.2. The average molecular weight is 342 g/mol. The number of carbonyl (C=O) groups is 1. The Balaban J connectivity index is 1.70. The highest BCUT2D eigenvalue weighted by Gasteiger charge is 2.18. The predicted molar refractivity (Wildman–Crippen MR) is 97.6 cm³/mol. The van der Waals surface area contributed by atoms with Gasteiger partial charge >= 0.3 is 0 Å². The molecule has 2 atom stereocenters. The fourth-order valence-corrected chi connectivity index (χ4v) is 2.46. The van der Waals surface area contributed by atoms with Crippen molar-refractivity contribution in [3.63, 3.8) is 0 Å². The van der Waals surface area contributed by atoms with Gasteiger partial charge in [-0.3, -0.25) is 4.79 Å². The van der Waals surface area contributed by atoms with E-state index in [1.807, 2.05) is 30.3 Å². The number of hydrogen-bond acceptors (Lipinski definition) is 3. The molecule has 1 radical (unpaired) electrons. The van der Waals surface area contributed by atoms with E-state index in [-0.39, 0.29) is 11.9 Å². The second-order valence-electron chi connectivity index (χ2n) is 6.03. The number of carbonyl (C=O) groups excluding carboxylic acids is 1. The highest BCUT2D eigenvalue weighted by Crippen LogP contribution is 2.04. The molecule has 0 fully saturated rings. The van der Waals surface area contributed by atoms with E-state index in [0.29, 0.717) is 13.1 Å². The lowest BCUT2D eigenvalue weighted by molar-refractivity contribution is -0.123. The van der Waals surface area contributed by atoms with Crippen LogP contribution in [0.5, 0.6) is 0 Å². The van der Waals surface area contributed by atoms with Crippen molar-refractivity contribution in [2.45, 2.75) is 31.5 Å². The Labute approximate surface area is 148 Å². The third-order valence-corrected chi connectivity index (χ3v) is 4.00. The Kier molecular flexibility index (Phi) is 8.09. The Morgan fingerprint density at radius 2 is 1.84 bits per heavy atom. The van der Waals surface area contributed by atoms with Crippen LogP contribution in [0.15, 0.2) is 54.6 Å². The molecule has 0 saturated carbocycles. The molecule has 25 heavy (non-hydrogen) atoms. The van der Waals surface area contributed by atoms with Gasteiger partial charge in [-0.1, -0.05) is 54.6 Å². The van der Waals surface area contributed by atoms with E-state index in [1.165, 1.54) is 5.56 Å². The van der Waals surface area contributed by atoms with Crippen molar-refractivity contribution in [2.75, 3.05) is 13.2 Å². The Morgan fingerprint density at radius 1 is 1.12 bits per heavy atom. The first-order valence-corrected chi connectivity index (χ1v) is 8.50. The topological polar surface area (TPSA) is 67.1 Å². The number of aryl methyl sites for hydroxylation is 1. The molecule has 0 saturated heterocycles. The molecule has 5 heteroatoms. The summed E-state index contributed by atoms with van der Waals surface area (Å²) >= 11 is 0. The van der Waals surface area contributed by atoms with Crippen molar-refractivity contribution in [3.8, 4) is 0 Å². The van der Waals surface area contributed by atoms with Gasteiger partial charge in [-0.2, -0.15) is 0 Å². The normalized spacial score (nSPS) is 13.2. The standard InChI is InChI=1S/C20H25FN3O/c21-13-19(20(25)24-14-17-9-5-2-6-10-17)23-15-18(22)12-11-16-7-3-1-4-8-16/h1,3-10,18-19,23H,11-15,22H2,(H,24,25)/t18-,19?/m1/s1. The molecule has 133 valence electrons. The Morgan fingerprint density at radius 3 is 2.52 bits per heavy atom. The molecule has 4 nitrogen and oxygen atoms in total. The molecular weight excluding hydrogens is 317 g/mol. The van der Waals surface area contributed by atoms with Gasteiger partial charge in [-0.15, -0.1) is 0 Å².